The molecule has 0 heterocycles. The van der Waals surface area contributed by atoms with Crippen molar-refractivity contribution in [2.24, 2.45) is 17.3 Å². The van der Waals surface area contributed by atoms with E-state index in [9.17, 15) is 0 Å². The molecule has 0 aromatic heterocycles. The predicted octanol–water partition coefficient (Wildman–Crippen LogP) is 4.34. The SMILES string of the molecule is C=CC1=C(C)CC[C@]2(C)[C@@H](C)CC[C@@H]12. The first kappa shape index (κ1) is 10.0. The molecular weight excluding hydrogens is 168 g/mol. The Morgan fingerprint density at radius 3 is 2.79 bits per heavy atom. The second kappa shape index (κ2) is 3.25. The van der Waals surface area contributed by atoms with E-state index < -0.39 is 0 Å². The molecule has 0 spiro atoms. The van der Waals surface area contributed by atoms with Crippen molar-refractivity contribution in [3.63, 3.8) is 0 Å². The van der Waals surface area contributed by atoms with Gasteiger partial charge in [0, 0.05) is 0 Å². The molecule has 0 aromatic carbocycles. The van der Waals surface area contributed by atoms with Crippen LogP contribution in [0, 0.1) is 17.3 Å². The molecule has 1 saturated carbocycles. The van der Waals surface area contributed by atoms with Crippen molar-refractivity contribution in [1.29, 1.82) is 0 Å². The van der Waals surface area contributed by atoms with E-state index in [4.69, 9.17) is 0 Å². The lowest BCUT2D eigenvalue weighted by atomic mass is 9.64. The van der Waals surface area contributed by atoms with Crippen molar-refractivity contribution in [1.82, 2.24) is 0 Å². The van der Waals surface area contributed by atoms with Gasteiger partial charge in [-0.2, -0.15) is 0 Å². The van der Waals surface area contributed by atoms with Crippen LogP contribution < -0.4 is 0 Å². The lowest BCUT2D eigenvalue weighted by molar-refractivity contribution is 0.165. The normalized spacial score (nSPS) is 42.5. The molecule has 0 unspecified atom stereocenters. The summed E-state index contributed by atoms with van der Waals surface area (Å²) < 4.78 is 0. The third-order valence-corrected chi connectivity index (χ3v) is 4.94. The zero-order chi connectivity index (χ0) is 10.3. The summed E-state index contributed by atoms with van der Waals surface area (Å²) in [7, 11) is 0. The molecule has 14 heavy (non-hydrogen) atoms. The Balaban J connectivity index is 2.39. The molecule has 0 heteroatoms. The first-order chi connectivity index (χ1) is 6.59. The molecule has 0 radical (unpaired) electrons. The highest BCUT2D eigenvalue weighted by Crippen LogP contribution is 2.57. The highest BCUT2D eigenvalue weighted by atomic mass is 14.5. The molecule has 1 fully saturated rings. The molecular formula is C14H22. The van der Waals surface area contributed by atoms with Crippen LogP contribution in [0.25, 0.3) is 0 Å². The number of hydrogen-bond acceptors (Lipinski definition) is 0. The second-order valence-corrected chi connectivity index (χ2v) is 5.48. The van der Waals surface area contributed by atoms with Crippen LogP contribution in [0.3, 0.4) is 0 Å². The molecule has 0 nitrogen and oxygen atoms in total. The van der Waals surface area contributed by atoms with E-state index in [1.807, 2.05) is 0 Å². The Kier molecular flexibility index (Phi) is 2.33. The van der Waals surface area contributed by atoms with Gasteiger partial charge in [0.05, 0.1) is 0 Å². The highest BCUT2D eigenvalue weighted by Gasteiger charge is 2.46. The van der Waals surface area contributed by atoms with Crippen LogP contribution in [0.5, 0.6) is 0 Å². The maximum absolute atomic E-state index is 3.99. The number of hydrogen-bond donors (Lipinski definition) is 0. The molecule has 3 atom stereocenters. The summed E-state index contributed by atoms with van der Waals surface area (Å²) in [5.74, 6) is 1.71. The fourth-order valence-electron chi connectivity index (χ4n) is 3.57. The summed E-state index contributed by atoms with van der Waals surface area (Å²) in [6.45, 7) is 11.2. The summed E-state index contributed by atoms with van der Waals surface area (Å²) in [5.41, 5.74) is 3.74. The summed E-state index contributed by atoms with van der Waals surface area (Å²) >= 11 is 0. The van der Waals surface area contributed by atoms with Gasteiger partial charge in [0.1, 0.15) is 0 Å². The zero-order valence-electron chi connectivity index (χ0n) is 9.77. The molecule has 0 amide bonds. The van der Waals surface area contributed by atoms with Crippen molar-refractivity contribution in [3.05, 3.63) is 23.8 Å². The van der Waals surface area contributed by atoms with Gasteiger partial charge in [-0.25, -0.2) is 0 Å². The van der Waals surface area contributed by atoms with Gasteiger partial charge >= 0.3 is 0 Å². The summed E-state index contributed by atoms with van der Waals surface area (Å²) in [6.07, 6.45) is 7.60. The van der Waals surface area contributed by atoms with E-state index >= 15 is 0 Å². The van der Waals surface area contributed by atoms with Gasteiger partial charge in [-0.15, -0.1) is 0 Å². The third kappa shape index (κ3) is 1.20. The molecule has 78 valence electrons. The largest absolute Gasteiger partial charge is 0.0988 e. The van der Waals surface area contributed by atoms with Gasteiger partial charge in [0.15, 0.2) is 0 Å². The third-order valence-electron chi connectivity index (χ3n) is 4.94. The summed E-state index contributed by atoms with van der Waals surface area (Å²) in [5, 5.41) is 0. The minimum Gasteiger partial charge on any atom is -0.0988 e. The average molecular weight is 190 g/mol. The maximum Gasteiger partial charge on any atom is -0.0106 e. The molecule has 0 bridgehead atoms. The quantitative estimate of drug-likeness (QED) is 0.577. The van der Waals surface area contributed by atoms with Crippen molar-refractivity contribution < 1.29 is 0 Å². The standard InChI is InChI=1S/C14H22/c1-5-12-10(2)8-9-14(4)11(3)6-7-13(12)14/h5,11,13H,1,6-9H2,2-4H3/t11-,13-,14+/m0/s1. The van der Waals surface area contributed by atoms with Gasteiger partial charge in [-0.05, 0) is 55.4 Å². The summed E-state index contributed by atoms with van der Waals surface area (Å²) in [4.78, 5) is 0. The fourth-order valence-corrected chi connectivity index (χ4v) is 3.57. The van der Waals surface area contributed by atoms with Crippen LogP contribution >= 0.6 is 0 Å². The van der Waals surface area contributed by atoms with Gasteiger partial charge in [0.2, 0.25) is 0 Å². The van der Waals surface area contributed by atoms with E-state index in [1.165, 1.54) is 25.7 Å². The molecule has 0 aromatic rings. The Morgan fingerprint density at radius 2 is 2.14 bits per heavy atom. The topological polar surface area (TPSA) is 0 Å². The van der Waals surface area contributed by atoms with Gasteiger partial charge in [0.25, 0.3) is 0 Å². The molecule has 0 N–H and O–H groups in total. The van der Waals surface area contributed by atoms with Crippen molar-refractivity contribution in [2.75, 3.05) is 0 Å². The summed E-state index contributed by atoms with van der Waals surface area (Å²) in [6, 6.07) is 0. The van der Waals surface area contributed by atoms with Crippen LogP contribution in [-0.4, -0.2) is 0 Å². The fraction of sp³-hybridized carbons (Fsp3) is 0.714. The first-order valence-corrected chi connectivity index (χ1v) is 5.91. The highest BCUT2D eigenvalue weighted by molar-refractivity contribution is 5.32. The van der Waals surface area contributed by atoms with Crippen molar-refractivity contribution in [2.45, 2.75) is 46.5 Å². The minimum absolute atomic E-state index is 0.572. The Hall–Kier alpha value is -0.520. The molecule has 0 aliphatic heterocycles. The predicted molar refractivity (Wildman–Crippen MR) is 62.1 cm³/mol. The Labute approximate surface area is 88.1 Å². The van der Waals surface area contributed by atoms with Crippen LogP contribution in [0.1, 0.15) is 46.5 Å². The monoisotopic (exact) mass is 190 g/mol. The molecule has 2 aliphatic rings. The Bertz CT molecular complexity index is 284. The Morgan fingerprint density at radius 1 is 1.43 bits per heavy atom. The van der Waals surface area contributed by atoms with Crippen LogP contribution in [0.15, 0.2) is 23.8 Å². The number of allylic oxidation sites excluding steroid dienone is 3. The van der Waals surface area contributed by atoms with E-state index in [0.717, 1.165) is 11.8 Å². The maximum atomic E-state index is 3.99. The lowest BCUT2D eigenvalue weighted by Crippen LogP contribution is -2.31. The van der Waals surface area contributed by atoms with E-state index in [0.29, 0.717) is 5.41 Å². The van der Waals surface area contributed by atoms with E-state index in [-0.39, 0.29) is 0 Å². The second-order valence-electron chi connectivity index (χ2n) is 5.48. The lowest BCUT2D eigenvalue weighted by Gasteiger charge is -2.41. The van der Waals surface area contributed by atoms with Crippen LogP contribution in [0.4, 0.5) is 0 Å². The van der Waals surface area contributed by atoms with Gasteiger partial charge in [-0.1, -0.05) is 32.1 Å². The first-order valence-electron chi connectivity index (χ1n) is 5.91. The average Bonchev–Trinajstić information content (AvgIpc) is 2.45. The smallest absolute Gasteiger partial charge is 0.0106 e. The van der Waals surface area contributed by atoms with Crippen LogP contribution in [-0.2, 0) is 0 Å². The van der Waals surface area contributed by atoms with Crippen LogP contribution in [0.2, 0.25) is 0 Å². The van der Waals surface area contributed by atoms with Crippen molar-refractivity contribution in [3.8, 4) is 0 Å². The van der Waals surface area contributed by atoms with E-state index in [2.05, 4.69) is 33.4 Å². The molecule has 2 rings (SSSR count). The van der Waals surface area contributed by atoms with Crippen molar-refractivity contribution >= 4 is 0 Å². The molecule has 0 saturated heterocycles. The van der Waals surface area contributed by atoms with Gasteiger partial charge < -0.3 is 0 Å². The zero-order valence-corrected chi connectivity index (χ0v) is 9.77. The van der Waals surface area contributed by atoms with Gasteiger partial charge in [-0.3, -0.25) is 0 Å². The molecule has 2 aliphatic carbocycles. The number of rotatable bonds is 1. The van der Waals surface area contributed by atoms with E-state index in [1.54, 1.807) is 11.1 Å². The minimum atomic E-state index is 0.572. The number of fused-ring (bicyclic) bond motifs is 1.